The van der Waals surface area contributed by atoms with E-state index in [0.717, 1.165) is 16.6 Å². The van der Waals surface area contributed by atoms with Crippen LogP contribution in [-0.2, 0) is 4.79 Å². The predicted molar refractivity (Wildman–Crippen MR) is 80.6 cm³/mol. The standard InChI is InChI=1S/C14H13BrN4O/c15-10-8-16-14(17-9-10)18-12-6-7-19(13(12)20)11-4-2-1-3-5-11/h1-5,8-9,12H,6-7H2,(H,16,17,18). The molecule has 20 heavy (non-hydrogen) atoms. The molecule has 1 N–H and O–H groups in total. The Bertz CT molecular complexity index is 602. The highest BCUT2D eigenvalue weighted by molar-refractivity contribution is 9.10. The van der Waals surface area contributed by atoms with Crippen LogP contribution in [0, 0.1) is 0 Å². The summed E-state index contributed by atoms with van der Waals surface area (Å²) in [5.41, 5.74) is 0.929. The molecule has 0 bridgehead atoms. The Hall–Kier alpha value is -1.95. The molecule has 1 amide bonds. The van der Waals surface area contributed by atoms with Gasteiger partial charge in [-0.1, -0.05) is 18.2 Å². The van der Waals surface area contributed by atoms with Crippen molar-refractivity contribution < 1.29 is 4.79 Å². The van der Waals surface area contributed by atoms with E-state index in [2.05, 4.69) is 31.2 Å². The van der Waals surface area contributed by atoms with Gasteiger partial charge in [-0.3, -0.25) is 4.79 Å². The number of hydrogen-bond acceptors (Lipinski definition) is 4. The zero-order chi connectivity index (χ0) is 13.9. The molecular weight excluding hydrogens is 320 g/mol. The maximum Gasteiger partial charge on any atom is 0.249 e. The van der Waals surface area contributed by atoms with Crippen molar-refractivity contribution in [3.05, 3.63) is 47.2 Å². The molecule has 1 unspecified atom stereocenters. The molecule has 2 heterocycles. The smallest absolute Gasteiger partial charge is 0.249 e. The van der Waals surface area contributed by atoms with Crippen molar-refractivity contribution in [1.82, 2.24) is 9.97 Å². The molecule has 0 saturated carbocycles. The molecule has 1 aliphatic rings. The van der Waals surface area contributed by atoms with Gasteiger partial charge >= 0.3 is 0 Å². The van der Waals surface area contributed by atoms with Crippen LogP contribution in [-0.4, -0.2) is 28.5 Å². The van der Waals surface area contributed by atoms with Crippen molar-refractivity contribution in [2.24, 2.45) is 0 Å². The minimum absolute atomic E-state index is 0.0581. The number of benzene rings is 1. The van der Waals surface area contributed by atoms with Crippen molar-refractivity contribution >= 4 is 33.5 Å². The first kappa shape index (κ1) is 13.1. The first-order valence-corrected chi connectivity index (χ1v) is 7.14. The Kier molecular flexibility index (Phi) is 3.64. The average molecular weight is 333 g/mol. The third kappa shape index (κ3) is 2.65. The number of halogens is 1. The Labute approximate surface area is 125 Å². The zero-order valence-electron chi connectivity index (χ0n) is 10.7. The lowest BCUT2D eigenvalue weighted by molar-refractivity contribution is -0.117. The van der Waals surface area contributed by atoms with E-state index in [4.69, 9.17) is 0 Å². The highest BCUT2D eigenvalue weighted by Gasteiger charge is 2.32. The summed E-state index contributed by atoms with van der Waals surface area (Å²) >= 11 is 3.28. The zero-order valence-corrected chi connectivity index (χ0v) is 12.2. The largest absolute Gasteiger partial charge is 0.342 e. The molecule has 1 atom stereocenters. The Morgan fingerprint density at radius 3 is 2.60 bits per heavy atom. The highest BCUT2D eigenvalue weighted by atomic mass is 79.9. The number of para-hydroxylation sites is 1. The molecule has 1 aromatic carbocycles. The minimum atomic E-state index is -0.267. The number of carbonyl (C=O) groups excluding carboxylic acids is 1. The maximum absolute atomic E-state index is 12.4. The van der Waals surface area contributed by atoms with Gasteiger partial charge < -0.3 is 10.2 Å². The summed E-state index contributed by atoms with van der Waals surface area (Å²) < 4.78 is 0.812. The van der Waals surface area contributed by atoms with E-state index in [1.807, 2.05) is 30.3 Å². The molecule has 0 aliphatic carbocycles. The number of carbonyl (C=O) groups is 1. The second-order valence-electron chi connectivity index (χ2n) is 4.54. The molecule has 6 heteroatoms. The van der Waals surface area contributed by atoms with Crippen LogP contribution < -0.4 is 10.2 Å². The van der Waals surface area contributed by atoms with Crippen LogP contribution in [0.5, 0.6) is 0 Å². The van der Waals surface area contributed by atoms with Crippen LogP contribution >= 0.6 is 15.9 Å². The normalized spacial score (nSPS) is 18.4. The van der Waals surface area contributed by atoms with Gasteiger partial charge in [-0.15, -0.1) is 0 Å². The lowest BCUT2D eigenvalue weighted by Gasteiger charge is -2.17. The summed E-state index contributed by atoms with van der Waals surface area (Å²) in [5, 5.41) is 3.08. The molecule has 5 nitrogen and oxygen atoms in total. The highest BCUT2D eigenvalue weighted by Crippen LogP contribution is 2.22. The lowest BCUT2D eigenvalue weighted by atomic mass is 10.2. The van der Waals surface area contributed by atoms with Crippen molar-refractivity contribution in [3.63, 3.8) is 0 Å². The van der Waals surface area contributed by atoms with Gasteiger partial charge in [0, 0.05) is 24.6 Å². The fourth-order valence-electron chi connectivity index (χ4n) is 2.22. The van der Waals surface area contributed by atoms with E-state index >= 15 is 0 Å². The van der Waals surface area contributed by atoms with Crippen LogP contribution in [0.3, 0.4) is 0 Å². The Balaban J connectivity index is 1.71. The lowest BCUT2D eigenvalue weighted by Crippen LogP contribution is -2.33. The summed E-state index contributed by atoms with van der Waals surface area (Å²) in [6, 6.07) is 9.42. The van der Waals surface area contributed by atoms with Gasteiger partial charge in [0.2, 0.25) is 11.9 Å². The number of anilines is 2. The van der Waals surface area contributed by atoms with Crippen molar-refractivity contribution in [3.8, 4) is 0 Å². The van der Waals surface area contributed by atoms with Crippen molar-refractivity contribution in [2.45, 2.75) is 12.5 Å². The van der Waals surface area contributed by atoms with Gasteiger partial charge in [0.05, 0.1) is 4.47 Å². The summed E-state index contributed by atoms with van der Waals surface area (Å²) in [6.07, 6.45) is 4.06. The van der Waals surface area contributed by atoms with Gasteiger partial charge in [0.25, 0.3) is 0 Å². The van der Waals surface area contributed by atoms with Crippen LogP contribution in [0.1, 0.15) is 6.42 Å². The third-order valence-electron chi connectivity index (χ3n) is 3.20. The maximum atomic E-state index is 12.4. The topological polar surface area (TPSA) is 58.1 Å². The van der Waals surface area contributed by atoms with E-state index in [1.165, 1.54) is 0 Å². The van der Waals surface area contributed by atoms with E-state index in [1.54, 1.807) is 17.3 Å². The van der Waals surface area contributed by atoms with E-state index in [9.17, 15) is 4.79 Å². The van der Waals surface area contributed by atoms with Crippen LogP contribution in [0.15, 0.2) is 47.2 Å². The van der Waals surface area contributed by atoms with Gasteiger partial charge in [0.1, 0.15) is 6.04 Å². The molecule has 3 rings (SSSR count). The molecule has 1 aromatic heterocycles. The Morgan fingerprint density at radius 2 is 1.90 bits per heavy atom. The number of aromatic nitrogens is 2. The quantitative estimate of drug-likeness (QED) is 0.937. The number of amides is 1. The third-order valence-corrected chi connectivity index (χ3v) is 3.61. The summed E-state index contributed by atoms with van der Waals surface area (Å²) in [5.74, 6) is 0.532. The SMILES string of the molecule is O=C1C(Nc2ncc(Br)cn2)CCN1c1ccccc1. The van der Waals surface area contributed by atoms with Crippen LogP contribution in [0.4, 0.5) is 11.6 Å². The second kappa shape index (κ2) is 5.58. The number of nitrogens with one attached hydrogen (secondary N) is 1. The average Bonchev–Trinajstić information content (AvgIpc) is 2.84. The van der Waals surface area contributed by atoms with E-state index in [0.29, 0.717) is 12.5 Å². The van der Waals surface area contributed by atoms with Gasteiger partial charge in [0.15, 0.2) is 0 Å². The molecule has 1 fully saturated rings. The molecule has 1 aliphatic heterocycles. The molecule has 0 spiro atoms. The fraction of sp³-hybridized carbons (Fsp3) is 0.214. The van der Waals surface area contributed by atoms with Crippen molar-refractivity contribution in [1.29, 1.82) is 0 Å². The first-order valence-electron chi connectivity index (χ1n) is 6.34. The van der Waals surface area contributed by atoms with Gasteiger partial charge in [-0.2, -0.15) is 0 Å². The number of rotatable bonds is 3. The second-order valence-corrected chi connectivity index (χ2v) is 5.45. The molecule has 2 aromatic rings. The van der Waals surface area contributed by atoms with Gasteiger partial charge in [-0.05, 0) is 34.5 Å². The van der Waals surface area contributed by atoms with Crippen molar-refractivity contribution in [2.75, 3.05) is 16.8 Å². The Morgan fingerprint density at radius 1 is 1.20 bits per heavy atom. The molecular formula is C14H13BrN4O. The van der Waals surface area contributed by atoms with Crippen LogP contribution in [0.25, 0.3) is 0 Å². The molecule has 0 radical (unpaired) electrons. The monoisotopic (exact) mass is 332 g/mol. The number of nitrogens with zero attached hydrogens (tertiary/aromatic N) is 3. The van der Waals surface area contributed by atoms with E-state index in [-0.39, 0.29) is 11.9 Å². The predicted octanol–water partition coefficient (Wildman–Crippen LogP) is 2.46. The first-order chi connectivity index (χ1) is 9.74. The summed E-state index contributed by atoms with van der Waals surface area (Å²) in [4.78, 5) is 22.4. The van der Waals surface area contributed by atoms with E-state index < -0.39 is 0 Å². The molecule has 1 saturated heterocycles. The molecule has 102 valence electrons. The van der Waals surface area contributed by atoms with Crippen LogP contribution in [0.2, 0.25) is 0 Å². The van der Waals surface area contributed by atoms with Gasteiger partial charge in [-0.25, -0.2) is 9.97 Å². The fourth-order valence-corrected chi connectivity index (χ4v) is 2.43. The number of hydrogen-bond donors (Lipinski definition) is 1. The summed E-state index contributed by atoms with van der Waals surface area (Å²) in [7, 11) is 0. The minimum Gasteiger partial charge on any atom is -0.342 e. The summed E-state index contributed by atoms with van der Waals surface area (Å²) in [6.45, 7) is 0.705.